The van der Waals surface area contributed by atoms with Crippen molar-refractivity contribution in [3.05, 3.63) is 89.0 Å². The summed E-state index contributed by atoms with van der Waals surface area (Å²) in [6.07, 6.45) is 0.812. The van der Waals surface area contributed by atoms with Gasteiger partial charge in [-0.1, -0.05) is 88.3 Å². The molecule has 0 aliphatic heterocycles. The zero-order valence-electron chi connectivity index (χ0n) is 30.4. The number of aromatic nitrogens is 1. The van der Waals surface area contributed by atoms with Crippen molar-refractivity contribution in [1.29, 1.82) is 0 Å². The molecule has 4 nitrogen and oxygen atoms in total. The van der Waals surface area contributed by atoms with Gasteiger partial charge in [0.1, 0.15) is 18.2 Å². The van der Waals surface area contributed by atoms with E-state index in [4.69, 9.17) is 4.74 Å². The van der Waals surface area contributed by atoms with Gasteiger partial charge in [-0.2, -0.15) is 0 Å². The molecule has 5 rings (SSSR count). The first-order valence-corrected chi connectivity index (χ1v) is 16.8. The highest BCUT2D eigenvalue weighted by Gasteiger charge is 2.31. The highest BCUT2D eigenvalue weighted by molar-refractivity contribution is 6.10. The zero-order valence-corrected chi connectivity index (χ0v) is 30.4. The molecule has 0 saturated carbocycles. The lowest BCUT2D eigenvalue weighted by atomic mass is 9.71. The van der Waals surface area contributed by atoms with Crippen LogP contribution >= 0.6 is 0 Å². The average molecular weight is 656 g/mol. The van der Waals surface area contributed by atoms with Gasteiger partial charge in [0, 0.05) is 28.0 Å². The maximum Gasteiger partial charge on any atom is 0.168 e. The molecule has 5 aromatic rings. The Morgan fingerprint density at radius 3 is 1.69 bits per heavy atom. The van der Waals surface area contributed by atoms with E-state index in [1.54, 1.807) is 0 Å². The van der Waals surface area contributed by atoms with Crippen LogP contribution in [0, 0.1) is 17.0 Å². The highest BCUT2D eigenvalue weighted by atomic mass is 19.1. The summed E-state index contributed by atoms with van der Waals surface area (Å²) in [6, 6.07) is 18.8. The molecule has 1 heterocycles. The minimum Gasteiger partial charge on any atom is -0.505 e. The number of nitrogens with zero attached hydrogens (tertiary/aromatic N) is 1. The first-order valence-electron chi connectivity index (χ1n) is 16.8. The molecule has 0 amide bonds. The predicted molar refractivity (Wildman–Crippen MR) is 195 cm³/mol. The van der Waals surface area contributed by atoms with Gasteiger partial charge in [0.2, 0.25) is 0 Å². The minimum absolute atomic E-state index is 0.0262. The summed E-state index contributed by atoms with van der Waals surface area (Å²) in [5.41, 5.74) is 5.40. The van der Waals surface area contributed by atoms with Gasteiger partial charge >= 0.3 is 0 Å². The molecule has 0 atom stereocenters. The smallest absolute Gasteiger partial charge is 0.168 e. The Hall–Kier alpha value is -3.90. The van der Waals surface area contributed by atoms with E-state index < -0.39 is 11.6 Å². The first kappa shape index (κ1) is 35.4. The van der Waals surface area contributed by atoms with Crippen molar-refractivity contribution >= 4 is 21.8 Å². The van der Waals surface area contributed by atoms with Crippen molar-refractivity contribution in [2.24, 2.45) is 5.41 Å². The number of ether oxygens (including phenoxy) is 1. The van der Waals surface area contributed by atoms with Crippen molar-refractivity contribution in [2.75, 3.05) is 13.2 Å². The SMILES string of the molecule is CC(C)(C)CC(C)(C)c1cc(-c2cc(F)cc(F)c2OCCO)c(O)c(-n2c3ccc(C(C)(C)C)cc3c3cc(C(C)(C)C)ccc32)c1. The van der Waals surface area contributed by atoms with Gasteiger partial charge in [0.05, 0.1) is 23.3 Å². The summed E-state index contributed by atoms with van der Waals surface area (Å²) in [6.45, 7) is 23.5. The fourth-order valence-electron chi connectivity index (χ4n) is 7.08. The molecular formula is C42H51F2NO3. The van der Waals surface area contributed by atoms with Gasteiger partial charge in [-0.05, 0) is 87.2 Å². The molecule has 0 saturated heterocycles. The van der Waals surface area contributed by atoms with Crippen LogP contribution < -0.4 is 4.74 Å². The average Bonchev–Trinajstić information content (AvgIpc) is 3.27. The molecule has 0 bridgehead atoms. The monoisotopic (exact) mass is 655 g/mol. The number of aromatic hydroxyl groups is 1. The van der Waals surface area contributed by atoms with Crippen molar-refractivity contribution in [3.63, 3.8) is 0 Å². The molecule has 6 heteroatoms. The third-order valence-corrected chi connectivity index (χ3v) is 9.22. The molecule has 2 N–H and O–H groups in total. The van der Waals surface area contributed by atoms with Crippen LogP contribution in [0.15, 0.2) is 60.7 Å². The van der Waals surface area contributed by atoms with E-state index in [1.165, 1.54) is 17.2 Å². The summed E-state index contributed by atoms with van der Waals surface area (Å²) in [5.74, 6) is -2.03. The van der Waals surface area contributed by atoms with Gasteiger partial charge in [0.15, 0.2) is 11.6 Å². The molecule has 48 heavy (non-hydrogen) atoms. The Bertz CT molecular complexity index is 1930. The largest absolute Gasteiger partial charge is 0.505 e. The normalized spacial score (nSPS) is 13.1. The second-order valence-corrected chi connectivity index (χ2v) is 17.1. The third kappa shape index (κ3) is 6.82. The van der Waals surface area contributed by atoms with Crippen molar-refractivity contribution in [1.82, 2.24) is 4.57 Å². The second-order valence-electron chi connectivity index (χ2n) is 17.1. The van der Waals surface area contributed by atoms with Gasteiger partial charge < -0.3 is 19.5 Å². The molecule has 0 aliphatic rings. The molecule has 0 radical (unpaired) electrons. The van der Waals surface area contributed by atoms with E-state index in [-0.39, 0.29) is 57.5 Å². The van der Waals surface area contributed by atoms with Crippen LogP contribution in [0.3, 0.4) is 0 Å². The van der Waals surface area contributed by atoms with Gasteiger partial charge in [-0.15, -0.1) is 0 Å². The van der Waals surface area contributed by atoms with Crippen molar-refractivity contribution in [3.8, 4) is 28.3 Å². The molecule has 0 unspecified atom stereocenters. The van der Waals surface area contributed by atoms with Crippen LogP contribution in [0.5, 0.6) is 11.5 Å². The summed E-state index contributed by atoms with van der Waals surface area (Å²) in [4.78, 5) is 0. The number of rotatable bonds is 7. The van der Waals surface area contributed by atoms with Crippen LogP contribution in [0.1, 0.15) is 99.3 Å². The van der Waals surface area contributed by atoms with Crippen LogP contribution in [-0.4, -0.2) is 28.0 Å². The van der Waals surface area contributed by atoms with Crippen molar-refractivity contribution in [2.45, 2.75) is 98.8 Å². The van der Waals surface area contributed by atoms with E-state index in [0.29, 0.717) is 5.69 Å². The minimum atomic E-state index is -0.903. The third-order valence-electron chi connectivity index (χ3n) is 9.22. The van der Waals surface area contributed by atoms with Crippen LogP contribution in [0.2, 0.25) is 0 Å². The molecule has 0 fully saturated rings. The molecular weight excluding hydrogens is 604 g/mol. The number of halogens is 2. The number of aliphatic hydroxyl groups is 1. The summed E-state index contributed by atoms with van der Waals surface area (Å²) < 4.78 is 38.0. The fraction of sp³-hybridized carbons (Fsp3) is 0.429. The van der Waals surface area contributed by atoms with Gasteiger partial charge in [-0.25, -0.2) is 8.78 Å². The maximum atomic E-state index is 15.3. The van der Waals surface area contributed by atoms with Crippen LogP contribution in [-0.2, 0) is 16.2 Å². The number of hydrogen-bond donors (Lipinski definition) is 2. The number of phenolic OH excluding ortho intramolecular Hbond substituents is 1. The lowest BCUT2D eigenvalue weighted by Crippen LogP contribution is -2.25. The predicted octanol–water partition coefficient (Wildman–Crippen LogP) is 11.1. The molecule has 1 aromatic heterocycles. The Morgan fingerprint density at radius 2 is 1.21 bits per heavy atom. The summed E-state index contributed by atoms with van der Waals surface area (Å²) in [5, 5.41) is 23.9. The van der Waals surface area contributed by atoms with Crippen LogP contribution in [0.25, 0.3) is 38.6 Å². The van der Waals surface area contributed by atoms with Crippen LogP contribution in [0.4, 0.5) is 8.78 Å². The topological polar surface area (TPSA) is 54.6 Å². The lowest BCUT2D eigenvalue weighted by Gasteiger charge is -2.34. The van der Waals surface area contributed by atoms with Gasteiger partial charge in [0.25, 0.3) is 0 Å². The lowest BCUT2D eigenvalue weighted by molar-refractivity contribution is 0.197. The quantitative estimate of drug-likeness (QED) is 0.183. The summed E-state index contributed by atoms with van der Waals surface area (Å²) >= 11 is 0. The Kier molecular flexibility index (Phi) is 9.01. The van der Waals surface area contributed by atoms with E-state index >= 15 is 4.39 Å². The molecule has 256 valence electrons. The number of aliphatic hydroxyl groups excluding tert-OH is 1. The Balaban J connectivity index is 1.94. The maximum absolute atomic E-state index is 15.3. The summed E-state index contributed by atoms with van der Waals surface area (Å²) in [7, 11) is 0. The number of benzene rings is 4. The molecule has 0 aliphatic carbocycles. The standard InChI is InChI=1S/C42H51F2NO3/c1-39(2,3)24-42(10,11)27-20-31(32-22-28(43)23-33(44)38(32)48-17-16-46)37(47)36(21-27)45-34-14-12-25(40(4,5)6)18-29(34)30-19-26(41(7,8)9)13-15-35(30)45/h12-15,18-23,46-47H,16-17,24H2,1-11H3. The Labute approximate surface area is 284 Å². The Morgan fingerprint density at radius 1 is 0.667 bits per heavy atom. The first-order chi connectivity index (χ1) is 22.1. The van der Waals surface area contributed by atoms with E-state index in [9.17, 15) is 14.6 Å². The highest BCUT2D eigenvalue weighted by Crippen LogP contribution is 2.48. The van der Waals surface area contributed by atoms with E-state index in [1.807, 2.05) is 12.1 Å². The van der Waals surface area contributed by atoms with Crippen molar-refractivity contribution < 1.29 is 23.7 Å². The number of hydrogen-bond acceptors (Lipinski definition) is 3. The van der Waals surface area contributed by atoms with E-state index in [2.05, 4.69) is 117 Å². The number of phenols is 1. The fourth-order valence-corrected chi connectivity index (χ4v) is 7.08. The zero-order chi connectivity index (χ0) is 35.6. The molecule has 4 aromatic carbocycles. The second kappa shape index (κ2) is 12.2. The van der Waals surface area contributed by atoms with Gasteiger partial charge in [-0.3, -0.25) is 0 Å². The van der Waals surface area contributed by atoms with E-state index in [0.717, 1.165) is 39.9 Å². The number of fused-ring (bicyclic) bond motifs is 3. The molecule has 0 spiro atoms.